The lowest BCUT2D eigenvalue weighted by Gasteiger charge is -2.36. The standard InChI is InChI=1S/C16H18BrClN4O/c1-2-22-15(14(17)11-19-22)16(23)21-8-6-20(7-9-21)13-5-3-4-12(18)10-13/h3-5,10-11H,2,6-9H2,1H3. The Hall–Kier alpha value is -1.53. The summed E-state index contributed by atoms with van der Waals surface area (Å²) in [5, 5.41) is 4.95. The molecule has 5 nitrogen and oxygen atoms in total. The SMILES string of the molecule is CCn1ncc(Br)c1C(=O)N1CCN(c2cccc(Cl)c2)CC1. The first-order chi connectivity index (χ1) is 11.1. The third kappa shape index (κ3) is 3.38. The second-order valence-electron chi connectivity index (χ2n) is 5.42. The molecule has 1 saturated heterocycles. The van der Waals surface area contributed by atoms with Crippen molar-refractivity contribution in [3.8, 4) is 0 Å². The minimum absolute atomic E-state index is 0.0296. The fraction of sp³-hybridized carbons (Fsp3) is 0.375. The Bertz CT molecular complexity index is 710. The van der Waals surface area contributed by atoms with Gasteiger partial charge < -0.3 is 9.80 Å². The van der Waals surface area contributed by atoms with Gasteiger partial charge in [-0.05, 0) is 41.1 Å². The summed E-state index contributed by atoms with van der Waals surface area (Å²) in [6, 6.07) is 7.83. The quantitative estimate of drug-likeness (QED) is 0.798. The van der Waals surface area contributed by atoms with Crippen LogP contribution in [0.5, 0.6) is 0 Å². The van der Waals surface area contributed by atoms with E-state index >= 15 is 0 Å². The van der Waals surface area contributed by atoms with E-state index in [0.29, 0.717) is 25.3 Å². The Morgan fingerprint density at radius 2 is 2.04 bits per heavy atom. The van der Waals surface area contributed by atoms with Crippen LogP contribution < -0.4 is 4.90 Å². The molecule has 0 spiro atoms. The molecule has 1 aliphatic rings. The molecule has 3 rings (SSSR count). The Morgan fingerprint density at radius 3 is 2.70 bits per heavy atom. The first-order valence-corrected chi connectivity index (χ1v) is 8.78. The lowest BCUT2D eigenvalue weighted by Crippen LogP contribution is -2.49. The largest absolute Gasteiger partial charge is 0.368 e. The summed E-state index contributed by atoms with van der Waals surface area (Å²) in [7, 11) is 0. The molecule has 122 valence electrons. The molecule has 0 atom stereocenters. The Morgan fingerprint density at radius 1 is 1.30 bits per heavy atom. The molecule has 1 aromatic heterocycles. The molecule has 2 aromatic rings. The molecule has 1 amide bonds. The molecule has 23 heavy (non-hydrogen) atoms. The van der Waals surface area contributed by atoms with Crippen LogP contribution in [0.2, 0.25) is 5.02 Å². The number of halogens is 2. The van der Waals surface area contributed by atoms with Crippen molar-refractivity contribution in [3.63, 3.8) is 0 Å². The zero-order valence-electron chi connectivity index (χ0n) is 12.9. The van der Waals surface area contributed by atoms with Gasteiger partial charge in [0.25, 0.3) is 5.91 Å². The van der Waals surface area contributed by atoms with Gasteiger partial charge in [-0.25, -0.2) is 0 Å². The molecule has 0 unspecified atom stereocenters. The maximum atomic E-state index is 12.8. The summed E-state index contributed by atoms with van der Waals surface area (Å²) in [5.74, 6) is 0.0296. The monoisotopic (exact) mass is 396 g/mol. The average molecular weight is 398 g/mol. The minimum atomic E-state index is 0.0296. The highest BCUT2D eigenvalue weighted by Crippen LogP contribution is 2.23. The van der Waals surface area contributed by atoms with Crippen molar-refractivity contribution in [1.29, 1.82) is 0 Å². The van der Waals surface area contributed by atoms with Gasteiger partial charge in [0.1, 0.15) is 5.69 Å². The van der Waals surface area contributed by atoms with Gasteiger partial charge in [0.05, 0.1) is 10.7 Å². The lowest BCUT2D eigenvalue weighted by molar-refractivity contribution is 0.0733. The van der Waals surface area contributed by atoms with Crippen LogP contribution >= 0.6 is 27.5 Å². The number of benzene rings is 1. The van der Waals surface area contributed by atoms with Crippen LogP contribution in [-0.2, 0) is 6.54 Å². The lowest BCUT2D eigenvalue weighted by atomic mass is 10.2. The van der Waals surface area contributed by atoms with Crippen molar-refractivity contribution >= 4 is 39.1 Å². The minimum Gasteiger partial charge on any atom is -0.368 e. The summed E-state index contributed by atoms with van der Waals surface area (Å²) in [5.41, 5.74) is 1.73. The molecule has 0 bridgehead atoms. The zero-order valence-corrected chi connectivity index (χ0v) is 15.2. The highest BCUT2D eigenvalue weighted by atomic mass is 79.9. The molecule has 0 saturated carbocycles. The predicted octanol–water partition coefficient (Wildman–Crippen LogP) is 3.28. The van der Waals surface area contributed by atoms with E-state index in [9.17, 15) is 4.79 Å². The van der Waals surface area contributed by atoms with Crippen LogP contribution in [0, 0.1) is 0 Å². The van der Waals surface area contributed by atoms with E-state index in [1.807, 2.05) is 36.1 Å². The molecule has 0 aliphatic carbocycles. The maximum absolute atomic E-state index is 12.8. The van der Waals surface area contributed by atoms with Gasteiger partial charge in [-0.1, -0.05) is 17.7 Å². The number of nitrogens with zero attached hydrogens (tertiary/aromatic N) is 4. The van der Waals surface area contributed by atoms with Crippen molar-refractivity contribution in [1.82, 2.24) is 14.7 Å². The maximum Gasteiger partial charge on any atom is 0.273 e. The number of piperazine rings is 1. The summed E-state index contributed by atoms with van der Waals surface area (Å²) in [4.78, 5) is 16.9. The molecule has 0 radical (unpaired) electrons. The zero-order chi connectivity index (χ0) is 16.4. The Labute approximate surface area is 148 Å². The molecular weight excluding hydrogens is 380 g/mol. The molecule has 2 heterocycles. The Balaban J connectivity index is 1.69. The summed E-state index contributed by atoms with van der Waals surface area (Å²) < 4.78 is 2.48. The molecule has 1 aromatic carbocycles. The number of aromatic nitrogens is 2. The van der Waals surface area contributed by atoms with E-state index in [1.54, 1.807) is 10.9 Å². The van der Waals surface area contributed by atoms with Gasteiger partial charge in [-0.15, -0.1) is 0 Å². The molecule has 7 heteroatoms. The van der Waals surface area contributed by atoms with E-state index in [-0.39, 0.29) is 5.91 Å². The van der Waals surface area contributed by atoms with E-state index in [0.717, 1.165) is 28.3 Å². The van der Waals surface area contributed by atoms with Gasteiger partial charge >= 0.3 is 0 Å². The van der Waals surface area contributed by atoms with Crippen LogP contribution in [0.1, 0.15) is 17.4 Å². The fourth-order valence-electron chi connectivity index (χ4n) is 2.81. The number of rotatable bonds is 3. The summed E-state index contributed by atoms with van der Waals surface area (Å²) in [6.07, 6.45) is 1.68. The summed E-state index contributed by atoms with van der Waals surface area (Å²) in [6.45, 7) is 5.62. The highest BCUT2D eigenvalue weighted by Gasteiger charge is 2.26. The van der Waals surface area contributed by atoms with E-state index in [1.165, 1.54) is 0 Å². The molecular formula is C16H18BrClN4O. The number of anilines is 1. The van der Waals surface area contributed by atoms with Crippen molar-refractivity contribution in [2.24, 2.45) is 0 Å². The van der Waals surface area contributed by atoms with Crippen molar-refractivity contribution in [2.45, 2.75) is 13.5 Å². The second-order valence-corrected chi connectivity index (χ2v) is 6.71. The van der Waals surface area contributed by atoms with Gasteiger partial charge in [0.2, 0.25) is 0 Å². The van der Waals surface area contributed by atoms with E-state index < -0.39 is 0 Å². The van der Waals surface area contributed by atoms with Gasteiger partial charge in [0.15, 0.2) is 0 Å². The molecule has 1 aliphatic heterocycles. The van der Waals surface area contributed by atoms with Crippen molar-refractivity contribution in [3.05, 3.63) is 45.7 Å². The number of hydrogen-bond acceptors (Lipinski definition) is 3. The van der Waals surface area contributed by atoms with Crippen LogP contribution in [0.3, 0.4) is 0 Å². The third-order valence-electron chi connectivity index (χ3n) is 4.04. The van der Waals surface area contributed by atoms with Gasteiger partial charge in [-0.3, -0.25) is 9.48 Å². The third-order valence-corrected chi connectivity index (χ3v) is 4.85. The van der Waals surface area contributed by atoms with Crippen LogP contribution in [0.15, 0.2) is 34.9 Å². The predicted molar refractivity (Wildman–Crippen MR) is 95.2 cm³/mol. The van der Waals surface area contributed by atoms with E-state index in [4.69, 9.17) is 11.6 Å². The van der Waals surface area contributed by atoms with Crippen LogP contribution in [0.25, 0.3) is 0 Å². The fourth-order valence-corrected chi connectivity index (χ4v) is 3.46. The number of hydrogen-bond donors (Lipinski definition) is 0. The van der Waals surface area contributed by atoms with Gasteiger partial charge in [-0.2, -0.15) is 5.10 Å². The first-order valence-electron chi connectivity index (χ1n) is 7.61. The number of carbonyl (C=O) groups excluding carboxylic acids is 1. The highest BCUT2D eigenvalue weighted by molar-refractivity contribution is 9.10. The van der Waals surface area contributed by atoms with Crippen LogP contribution in [0.4, 0.5) is 5.69 Å². The van der Waals surface area contributed by atoms with Gasteiger partial charge in [0, 0.05) is 43.4 Å². The normalized spacial score (nSPS) is 15.1. The molecule has 0 N–H and O–H groups in total. The van der Waals surface area contributed by atoms with Crippen molar-refractivity contribution < 1.29 is 4.79 Å². The number of amides is 1. The second kappa shape index (κ2) is 6.93. The first kappa shape index (κ1) is 16.3. The van der Waals surface area contributed by atoms with E-state index in [2.05, 4.69) is 25.9 Å². The topological polar surface area (TPSA) is 41.4 Å². The summed E-state index contributed by atoms with van der Waals surface area (Å²) >= 11 is 9.48. The average Bonchev–Trinajstić information content (AvgIpc) is 2.95. The van der Waals surface area contributed by atoms with Crippen molar-refractivity contribution in [2.75, 3.05) is 31.1 Å². The molecule has 1 fully saturated rings. The number of carbonyl (C=O) groups is 1. The van der Waals surface area contributed by atoms with Crippen LogP contribution in [-0.4, -0.2) is 46.8 Å². The number of aryl methyl sites for hydroxylation is 1. The Kier molecular flexibility index (Phi) is 4.92. The smallest absolute Gasteiger partial charge is 0.273 e.